The number of nitro groups is 1. The zero-order valence-corrected chi connectivity index (χ0v) is 18.3. The number of carbonyl (C=O) groups is 1. The fourth-order valence-electron chi connectivity index (χ4n) is 3.44. The van der Waals surface area contributed by atoms with Gasteiger partial charge in [0.1, 0.15) is 5.75 Å². The van der Waals surface area contributed by atoms with Crippen molar-refractivity contribution in [2.75, 3.05) is 18.7 Å². The number of nitro benzene ring substituents is 1. The Balaban J connectivity index is 1.66. The van der Waals surface area contributed by atoms with Crippen LogP contribution in [0.2, 0.25) is 0 Å². The molecule has 0 unspecified atom stereocenters. The maximum atomic E-state index is 13.2. The Hall–Kier alpha value is -4.56. The molecule has 0 radical (unpaired) electrons. The van der Waals surface area contributed by atoms with Crippen LogP contribution in [0.25, 0.3) is 18.2 Å². The second-order valence-corrected chi connectivity index (χ2v) is 7.49. The molecule has 1 aliphatic heterocycles. The van der Waals surface area contributed by atoms with Gasteiger partial charge in [0, 0.05) is 24.8 Å². The van der Waals surface area contributed by atoms with E-state index in [4.69, 9.17) is 4.74 Å². The molecule has 0 saturated carbocycles. The summed E-state index contributed by atoms with van der Waals surface area (Å²) in [6, 6.07) is 20.5. The topological polar surface area (TPSA) is 105 Å². The average Bonchev–Trinajstić information content (AvgIpc) is 3.15. The molecule has 8 nitrogen and oxygen atoms in total. The largest absolute Gasteiger partial charge is 0.507 e. The summed E-state index contributed by atoms with van der Waals surface area (Å²) in [6.07, 6.45) is 5.44. The summed E-state index contributed by atoms with van der Waals surface area (Å²) in [6.45, 7) is 0.0788. The number of carbonyl (C=O) groups excluding carboxylic acids is 1. The minimum atomic E-state index is -0.511. The molecule has 1 amide bonds. The van der Waals surface area contributed by atoms with Gasteiger partial charge in [0.15, 0.2) is 0 Å². The minimum Gasteiger partial charge on any atom is -0.507 e. The zero-order valence-electron chi connectivity index (χ0n) is 18.3. The molecule has 1 N–H and O–H groups in total. The number of aromatic hydroxyl groups is 1. The Morgan fingerprint density at radius 2 is 1.74 bits per heavy atom. The number of phenolic OH excluding ortho intramolecular Hbond substituents is 1. The fraction of sp³-hybridized carbons (Fsp3) is 0.0769. The van der Waals surface area contributed by atoms with Gasteiger partial charge in [0.05, 0.1) is 28.5 Å². The predicted molar refractivity (Wildman–Crippen MR) is 131 cm³/mol. The highest BCUT2D eigenvalue weighted by molar-refractivity contribution is 6.33. The lowest BCUT2D eigenvalue weighted by Gasteiger charge is -2.11. The lowest BCUT2D eigenvalue weighted by atomic mass is 10.0. The first-order valence-corrected chi connectivity index (χ1v) is 10.4. The van der Waals surface area contributed by atoms with Crippen LogP contribution >= 0.6 is 0 Å². The van der Waals surface area contributed by atoms with Crippen LogP contribution in [0.4, 0.5) is 11.4 Å². The molecular weight excluding hydrogens is 434 g/mol. The molecule has 170 valence electrons. The molecule has 1 heterocycles. The Morgan fingerprint density at radius 3 is 2.41 bits per heavy atom. The summed E-state index contributed by atoms with van der Waals surface area (Å²) < 4.78 is 5.20. The van der Waals surface area contributed by atoms with E-state index in [1.54, 1.807) is 24.3 Å². The molecule has 34 heavy (non-hydrogen) atoms. The molecule has 0 atom stereocenters. The summed E-state index contributed by atoms with van der Waals surface area (Å²) in [4.78, 5) is 23.6. The van der Waals surface area contributed by atoms with Crippen molar-refractivity contribution in [2.24, 2.45) is 5.10 Å². The van der Waals surface area contributed by atoms with Crippen molar-refractivity contribution in [3.8, 4) is 5.75 Å². The molecule has 0 aromatic heterocycles. The zero-order chi connectivity index (χ0) is 24.1. The number of non-ortho nitro benzene ring substituents is 1. The third-order valence-electron chi connectivity index (χ3n) is 5.16. The highest BCUT2D eigenvalue weighted by Gasteiger charge is 2.31. The molecule has 0 spiro atoms. The van der Waals surface area contributed by atoms with E-state index in [1.807, 2.05) is 42.5 Å². The quantitative estimate of drug-likeness (QED) is 0.236. The van der Waals surface area contributed by atoms with Gasteiger partial charge >= 0.3 is 0 Å². The number of amides is 1. The Labute approximate surface area is 195 Å². The molecule has 0 aliphatic carbocycles. The lowest BCUT2D eigenvalue weighted by molar-refractivity contribution is -0.384. The van der Waals surface area contributed by atoms with Gasteiger partial charge in [0.25, 0.3) is 11.6 Å². The molecule has 0 fully saturated rings. The normalized spacial score (nSPS) is 14.7. The van der Waals surface area contributed by atoms with E-state index < -0.39 is 10.8 Å². The molecule has 0 bridgehead atoms. The Bertz CT molecular complexity index is 1310. The van der Waals surface area contributed by atoms with E-state index in [0.29, 0.717) is 17.0 Å². The van der Waals surface area contributed by atoms with Crippen molar-refractivity contribution in [1.82, 2.24) is 0 Å². The number of rotatable bonds is 7. The van der Waals surface area contributed by atoms with Crippen LogP contribution in [-0.2, 0) is 9.53 Å². The van der Waals surface area contributed by atoms with Gasteiger partial charge < -0.3 is 9.84 Å². The van der Waals surface area contributed by atoms with E-state index in [9.17, 15) is 20.0 Å². The summed E-state index contributed by atoms with van der Waals surface area (Å²) in [5.74, 6) is -0.409. The smallest absolute Gasteiger partial charge is 0.280 e. The van der Waals surface area contributed by atoms with E-state index >= 15 is 0 Å². The standard InChI is InChI=1S/C26H21N3O5/c1-34-17-24-23(26(31)28(27-24)21-10-12-22(13-11-21)29(32)33)16-20-15-19(9-14-25(20)30)8-7-18-5-3-2-4-6-18/h2-16,30H,17H2,1H3/b8-7+,23-16+. The Kier molecular flexibility index (Phi) is 6.61. The van der Waals surface area contributed by atoms with Crippen molar-refractivity contribution in [3.63, 3.8) is 0 Å². The number of benzene rings is 3. The van der Waals surface area contributed by atoms with Gasteiger partial charge in [-0.05, 0) is 41.5 Å². The second-order valence-electron chi connectivity index (χ2n) is 7.49. The first-order valence-electron chi connectivity index (χ1n) is 10.4. The lowest BCUT2D eigenvalue weighted by Crippen LogP contribution is -2.21. The number of phenols is 1. The van der Waals surface area contributed by atoms with Crippen LogP contribution in [0.5, 0.6) is 5.75 Å². The molecule has 4 rings (SSSR count). The van der Waals surface area contributed by atoms with E-state index in [1.165, 1.54) is 36.4 Å². The summed E-state index contributed by atoms with van der Waals surface area (Å²) in [5, 5.41) is 26.9. The highest BCUT2D eigenvalue weighted by atomic mass is 16.6. The van der Waals surface area contributed by atoms with Gasteiger partial charge in [-0.3, -0.25) is 14.9 Å². The van der Waals surface area contributed by atoms with Crippen molar-refractivity contribution in [2.45, 2.75) is 0 Å². The van der Waals surface area contributed by atoms with Gasteiger partial charge in [-0.25, -0.2) is 0 Å². The number of nitrogens with zero attached hydrogens (tertiary/aromatic N) is 3. The van der Waals surface area contributed by atoms with Crippen molar-refractivity contribution in [3.05, 3.63) is 105 Å². The molecule has 8 heteroatoms. The van der Waals surface area contributed by atoms with Crippen LogP contribution in [0.1, 0.15) is 16.7 Å². The van der Waals surface area contributed by atoms with Crippen LogP contribution < -0.4 is 5.01 Å². The van der Waals surface area contributed by atoms with Crippen LogP contribution in [-0.4, -0.2) is 35.4 Å². The molecule has 3 aromatic rings. The summed E-state index contributed by atoms with van der Waals surface area (Å²) >= 11 is 0. The van der Waals surface area contributed by atoms with Crippen LogP contribution in [0.3, 0.4) is 0 Å². The van der Waals surface area contributed by atoms with Gasteiger partial charge in [-0.2, -0.15) is 10.1 Å². The van der Waals surface area contributed by atoms with Crippen LogP contribution in [0, 0.1) is 10.1 Å². The summed E-state index contributed by atoms with van der Waals surface area (Å²) in [5.41, 5.74) is 3.28. The Morgan fingerprint density at radius 1 is 1.03 bits per heavy atom. The van der Waals surface area contributed by atoms with Gasteiger partial charge in [-0.15, -0.1) is 0 Å². The number of hydrogen-bond donors (Lipinski definition) is 1. The third-order valence-corrected chi connectivity index (χ3v) is 5.16. The predicted octanol–water partition coefficient (Wildman–Crippen LogP) is 4.90. The van der Waals surface area contributed by atoms with Gasteiger partial charge in [0.2, 0.25) is 0 Å². The molecule has 0 saturated heterocycles. The van der Waals surface area contributed by atoms with Crippen molar-refractivity contribution < 1.29 is 19.6 Å². The number of anilines is 1. The molecule has 3 aromatic carbocycles. The monoisotopic (exact) mass is 455 g/mol. The number of methoxy groups -OCH3 is 1. The number of hydrogen-bond acceptors (Lipinski definition) is 6. The maximum Gasteiger partial charge on any atom is 0.280 e. The van der Waals surface area contributed by atoms with Crippen molar-refractivity contribution >= 4 is 41.2 Å². The average molecular weight is 455 g/mol. The van der Waals surface area contributed by atoms with Gasteiger partial charge in [-0.1, -0.05) is 48.6 Å². The first-order chi connectivity index (χ1) is 16.5. The first kappa shape index (κ1) is 22.6. The summed E-state index contributed by atoms with van der Waals surface area (Å²) in [7, 11) is 1.49. The number of ether oxygens (including phenoxy) is 1. The number of hydrazone groups is 1. The fourth-order valence-corrected chi connectivity index (χ4v) is 3.44. The maximum absolute atomic E-state index is 13.2. The minimum absolute atomic E-state index is 0.0164. The van der Waals surface area contributed by atoms with E-state index in [0.717, 1.165) is 11.1 Å². The van der Waals surface area contributed by atoms with Crippen molar-refractivity contribution in [1.29, 1.82) is 0 Å². The van der Waals surface area contributed by atoms with Crippen LogP contribution in [0.15, 0.2) is 83.5 Å². The SMILES string of the molecule is COCC1=NN(c2ccc([N+](=O)[O-])cc2)C(=O)/C1=C/c1cc(/C=C/c2ccccc2)ccc1O. The molecule has 1 aliphatic rings. The molecular formula is C26H21N3O5. The second kappa shape index (κ2) is 9.93. The third kappa shape index (κ3) is 4.92. The van der Waals surface area contributed by atoms with E-state index in [-0.39, 0.29) is 23.6 Å². The van der Waals surface area contributed by atoms with E-state index in [2.05, 4.69) is 5.10 Å². The highest BCUT2D eigenvalue weighted by Crippen LogP contribution is 2.29.